The molecule has 1 heterocycles. The van der Waals surface area contributed by atoms with Crippen molar-refractivity contribution in [2.24, 2.45) is 11.8 Å². The molecule has 3 heteroatoms. The molecule has 0 spiro atoms. The van der Waals surface area contributed by atoms with Crippen LogP contribution in [0.1, 0.15) is 43.4 Å². The molecule has 1 fully saturated rings. The Morgan fingerprint density at radius 3 is 2.31 bits per heavy atom. The molecule has 0 aromatic heterocycles. The van der Waals surface area contributed by atoms with Crippen molar-refractivity contribution >= 4 is 11.4 Å². The molecule has 0 saturated carbocycles. The number of hydrogen-bond acceptors (Lipinski definition) is 3. The van der Waals surface area contributed by atoms with Gasteiger partial charge < -0.3 is 15.3 Å². The average Bonchev–Trinajstić information content (AvgIpc) is 2.64. The predicted molar refractivity (Wildman–Crippen MR) is 111 cm³/mol. The van der Waals surface area contributed by atoms with E-state index in [4.69, 9.17) is 0 Å². The quantitative estimate of drug-likeness (QED) is 0.746. The molecule has 0 amide bonds. The summed E-state index contributed by atoms with van der Waals surface area (Å²) in [5.74, 6) is 2.04. The molecular formula is C23H32N2O. The summed E-state index contributed by atoms with van der Waals surface area (Å²) in [5, 5.41) is 13.6. The largest absolute Gasteiger partial charge is 0.507 e. The average molecular weight is 353 g/mol. The lowest BCUT2D eigenvalue weighted by Gasteiger charge is -2.36. The van der Waals surface area contributed by atoms with E-state index in [2.05, 4.69) is 60.5 Å². The van der Waals surface area contributed by atoms with Crippen molar-refractivity contribution in [3.05, 3.63) is 53.1 Å². The normalized spacial score (nSPS) is 15.5. The van der Waals surface area contributed by atoms with Crippen LogP contribution in [0.4, 0.5) is 11.4 Å². The number of phenolic OH excluding ortho intramolecular Hbond substituents is 1. The van der Waals surface area contributed by atoms with Crippen molar-refractivity contribution in [3.63, 3.8) is 0 Å². The number of aromatic hydroxyl groups is 1. The van der Waals surface area contributed by atoms with Gasteiger partial charge in [-0.25, -0.2) is 0 Å². The van der Waals surface area contributed by atoms with Gasteiger partial charge in [-0.2, -0.15) is 0 Å². The van der Waals surface area contributed by atoms with Crippen LogP contribution in [0, 0.1) is 25.7 Å². The van der Waals surface area contributed by atoms with E-state index in [9.17, 15) is 5.11 Å². The maximum atomic E-state index is 9.96. The first-order valence-electron chi connectivity index (χ1n) is 9.82. The van der Waals surface area contributed by atoms with Crippen LogP contribution in [-0.4, -0.2) is 18.2 Å². The first-order chi connectivity index (χ1) is 12.5. The van der Waals surface area contributed by atoms with Crippen LogP contribution >= 0.6 is 0 Å². The number of nitrogens with one attached hydrogen (secondary N) is 1. The van der Waals surface area contributed by atoms with Crippen molar-refractivity contribution < 1.29 is 5.11 Å². The smallest absolute Gasteiger partial charge is 0.121 e. The third-order valence-corrected chi connectivity index (χ3v) is 5.76. The Balaban J connectivity index is 1.70. The number of nitrogens with zero attached hydrogens (tertiary/aromatic N) is 1. The van der Waals surface area contributed by atoms with E-state index in [0.29, 0.717) is 5.75 Å². The Morgan fingerprint density at radius 2 is 1.69 bits per heavy atom. The summed E-state index contributed by atoms with van der Waals surface area (Å²) in [7, 11) is 0. The third-order valence-electron chi connectivity index (χ3n) is 5.76. The lowest BCUT2D eigenvalue weighted by Crippen LogP contribution is -2.35. The van der Waals surface area contributed by atoms with Crippen molar-refractivity contribution in [1.82, 2.24) is 0 Å². The van der Waals surface area contributed by atoms with Gasteiger partial charge in [0, 0.05) is 19.6 Å². The molecule has 2 aromatic rings. The molecule has 26 heavy (non-hydrogen) atoms. The summed E-state index contributed by atoms with van der Waals surface area (Å²) in [5.41, 5.74) is 5.57. The molecule has 1 aliphatic heterocycles. The molecular weight excluding hydrogens is 320 g/mol. The number of phenols is 1. The second-order valence-corrected chi connectivity index (χ2v) is 8.02. The molecule has 0 atom stereocenters. The monoisotopic (exact) mass is 352 g/mol. The fraction of sp³-hybridized carbons (Fsp3) is 0.478. The summed E-state index contributed by atoms with van der Waals surface area (Å²) in [6.45, 7) is 11.6. The number of benzene rings is 2. The van der Waals surface area contributed by atoms with Crippen molar-refractivity contribution in [2.45, 2.75) is 47.1 Å². The van der Waals surface area contributed by atoms with E-state index in [1.807, 2.05) is 13.8 Å². The maximum Gasteiger partial charge on any atom is 0.121 e. The van der Waals surface area contributed by atoms with Crippen LogP contribution in [0.5, 0.6) is 5.75 Å². The fourth-order valence-electron chi connectivity index (χ4n) is 4.05. The van der Waals surface area contributed by atoms with Gasteiger partial charge in [0.2, 0.25) is 0 Å². The Morgan fingerprint density at radius 1 is 1.08 bits per heavy atom. The van der Waals surface area contributed by atoms with Crippen LogP contribution in [0.15, 0.2) is 36.4 Å². The minimum absolute atomic E-state index is 0.405. The minimum atomic E-state index is 0.405. The Kier molecular flexibility index (Phi) is 5.75. The van der Waals surface area contributed by atoms with E-state index in [1.165, 1.54) is 29.8 Å². The Labute approximate surface area is 158 Å². The lowest BCUT2D eigenvalue weighted by atomic mass is 9.86. The summed E-state index contributed by atoms with van der Waals surface area (Å²) >= 11 is 0. The zero-order chi connectivity index (χ0) is 18.7. The zero-order valence-electron chi connectivity index (χ0n) is 16.5. The molecule has 1 saturated heterocycles. The second kappa shape index (κ2) is 8.03. The van der Waals surface area contributed by atoms with Crippen LogP contribution in [0.25, 0.3) is 0 Å². The fourth-order valence-corrected chi connectivity index (χ4v) is 4.05. The molecule has 3 nitrogen and oxygen atoms in total. The van der Waals surface area contributed by atoms with E-state index in [1.54, 1.807) is 0 Å². The topological polar surface area (TPSA) is 35.5 Å². The second-order valence-electron chi connectivity index (χ2n) is 8.02. The molecule has 0 aliphatic carbocycles. The van der Waals surface area contributed by atoms with Crippen LogP contribution in [-0.2, 0) is 6.54 Å². The van der Waals surface area contributed by atoms with E-state index >= 15 is 0 Å². The molecule has 0 unspecified atom stereocenters. The first-order valence-corrected chi connectivity index (χ1v) is 9.82. The highest BCUT2D eigenvalue weighted by Gasteiger charge is 2.22. The number of hydrogen-bond donors (Lipinski definition) is 2. The SMILES string of the molecule is Cc1cc(CNc2ccccc2N2CCC(C(C)C)CC2)cc(C)c1O. The van der Waals surface area contributed by atoms with Gasteiger partial charge >= 0.3 is 0 Å². The maximum absolute atomic E-state index is 9.96. The van der Waals surface area contributed by atoms with E-state index in [-0.39, 0.29) is 0 Å². The van der Waals surface area contributed by atoms with Crippen molar-refractivity contribution in [2.75, 3.05) is 23.3 Å². The van der Waals surface area contributed by atoms with Crippen molar-refractivity contribution in [3.8, 4) is 5.75 Å². The number of para-hydroxylation sites is 2. The Hall–Kier alpha value is -2.16. The highest BCUT2D eigenvalue weighted by atomic mass is 16.3. The summed E-state index contributed by atoms with van der Waals surface area (Å²) in [6.07, 6.45) is 2.56. The predicted octanol–water partition coefficient (Wildman–Crippen LogP) is 5.49. The van der Waals surface area contributed by atoms with Crippen molar-refractivity contribution in [1.29, 1.82) is 0 Å². The summed E-state index contributed by atoms with van der Waals surface area (Å²) < 4.78 is 0. The third kappa shape index (κ3) is 4.14. The van der Waals surface area contributed by atoms with Gasteiger partial charge in [0.25, 0.3) is 0 Å². The molecule has 2 N–H and O–H groups in total. The van der Waals surface area contributed by atoms with E-state index in [0.717, 1.165) is 42.6 Å². The van der Waals surface area contributed by atoms with Crippen LogP contribution in [0.2, 0.25) is 0 Å². The van der Waals surface area contributed by atoms with E-state index < -0.39 is 0 Å². The number of aryl methyl sites for hydroxylation is 2. The highest BCUT2D eigenvalue weighted by Crippen LogP contribution is 2.32. The van der Waals surface area contributed by atoms with Gasteiger partial charge in [-0.3, -0.25) is 0 Å². The van der Waals surface area contributed by atoms with Crippen LogP contribution in [0.3, 0.4) is 0 Å². The molecule has 1 aliphatic rings. The van der Waals surface area contributed by atoms with Gasteiger partial charge in [-0.05, 0) is 67.3 Å². The van der Waals surface area contributed by atoms with Gasteiger partial charge in [0.05, 0.1) is 11.4 Å². The minimum Gasteiger partial charge on any atom is -0.507 e. The Bertz CT molecular complexity index is 723. The van der Waals surface area contributed by atoms with Gasteiger partial charge in [0.15, 0.2) is 0 Å². The lowest BCUT2D eigenvalue weighted by molar-refractivity contribution is 0.311. The number of anilines is 2. The molecule has 3 rings (SSSR count). The molecule has 2 aromatic carbocycles. The van der Waals surface area contributed by atoms with Crippen LogP contribution < -0.4 is 10.2 Å². The molecule has 0 bridgehead atoms. The number of piperidine rings is 1. The summed E-state index contributed by atoms with van der Waals surface area (Å²) in [6, 6.07) is 12.7. The zero-order valence-corrected chi connectivity index (χ0v) is 16.5. The van der Waals surface area contributed by atoms with Gasteiger partial charge in [-0.1, -0.05) is 38.1 Å². The van der Waals surface area contributed by atoms with Gasteiger partial charge in [-0.15, -0.1) is 0 Å². The molecule has 140 valence electrons. The molecule has 0 radical (unpaired) electrons. The van der Waals surface area contributed by atoms with Gasteiger partial charge in [0.1, 0.15) is 5.75 Å². The first kappa shape index (κ1) is 18.6. The number of rotatable bonds is 5. The standard InChI is InChI=1S/C23H32N2O/c1-16(2)20-9-11-25(12-10-20)22-8-6-5-7-21(22)24-15-19-13-17(3)23(26)18(4)14-19/h5-8,13-14,16,20,24,26H,9-12,15H2,1-4H3. The highest BCUT2D eigenvalue weighted by molar-refractivity contribution is 5.70. The summed E-state index contributed by atoms with van der Waals surface area (Å²) in [4.78, 5) is 2.52.